The molecule has 0 saturated carbocycles. The van der Waals surface area contributed by atoms with Gasteiger partial charge in [-0.1, -0.05) is 24.3 Å². The molecule has 3 amide bonds. The minimum Gasteiger partial charge on any atom is -0.346 e. The van der Waals surface area contributed by atoms with Crippen LogP contribution in [0.15, 0.2) is 47.8 Å². The highest BCUT2D eigenvalue weighted by Gasteiger charge is 2.18. The van der Waals surface area contributed by atoms with E-state index in [9.17, 15) is 14.4 Å². The molecule has 0 unspecified atom stereocenters. The quantitative estimate of drug-likeness (QED) is 0.478. The van der Waals surface area contributed by atoms with Gasteiger partial charge in [-0.3, -0.25) is 25.2 Å². The number of carbonyl (C=O) groups excluding carboxylic acids is 3. The lowest BCUT2D eigenvalue weighted by molar-refractivity contribution is -0.139. The second kappa shape index (κ2) is 7.96. The van der Waals surface area contributed by atoms with Crippen LogP contribution in [0.2, 0.25) is 0 Å². The number of carbonyl (C=O) groups is 3. The topological polar surface area (TPSA) is 100 Å². The Bertz CT molecular complexity index is 999. The number of amides is 3. The van der Waals surface area contributed by atoms with Crippen LogP contribution in [0.25, 0.3) is 21.5 Å². The summed E-state index contributed by atoms with van der Waals surface area (Å²) in [5.41, 5.74) is 6.11. The Morgan fingerprint density at radius 3 is 2.48 bits per heavy atom. The molecule has 0 saturated heterocycles. The molecule has 0 atom stereocenters. The van der Waals surface area contributed by atoms with Gasteiger partial charge in [0.2, 0.25) is 0 Å². The zero-order valence-electron chi connectivity index (χ0n) is 14.8. The van der Waals surface area contributed by atoms with Gasteiger partial charge in [-0.2, -0.15) is 0 Å². The van der Waals surface area contributed by atoms with Crippen molar-refractivity contribution in [2.45, 2.75) is 19.9 Å². The maximum absolute atomic E-state index is 12.6. The standard InChI is InChI=1S/C19H18N4O3S/c1-11(2)20-18(25)19(26)23-22-17(24)13-10-15(16-8-5-9-27-16)21-14-7-4-3-6-12(13)14/h3-11H,1-2H3,(H,20,25)(H,22,24)(H,23,26). The largest absolute Gasteiger partial charge is 0.346 e. The summed E-state index contributed by atoms with van der Waals surface area (Å²) in [6.45, 7) is 3.47. The number of fused-ring (bicyclic) bond motifs is 1. The van der Waals surface area contributed by atoms with Crippen LogP contribution in [0.4, 0.5) is 0 Å². The molecule has 0 spiro atoms. The molecule has 2 heterocycles. The third kappa shape index (κ3) is 4.29. The minimum absolute atomic E-state index is 0.184. The molecule has 0 aliphatic rings. The van der Waals surface area contributed by atoms with Crippen LogP contribution in [0, 0.1) is 0 Å². The van der Waals surface area contributed by atoms with Crippen LogP contribution in [0.5, 0.6) is 0 Å². The Balaban J connectivity index is 1.85. The monoisotopic (exact) mass is 382 g/mol. The van der Waals surface area contributed by atoms with Gasteiger partial charge in [0.15, 0.2) is 0 Å². The van der Waals surface area contributed by atoms with Crippen LogP contribution >= 0.6 is 11.3 Å². The number of hydrazine groups is 1. The SMILES string of the molecule is CC(C)NC(=O)C(=O)NNC(=O)c1cc(-c2cccs2)nc2ccccc12. The second-order valence-electron chi connectivity index (χ2n) is 6.09. The molecule has 1 aromatic carbocycles. The summed E-state index contributed by atoms with van der Waals surface area (Å²) >= 11 is 1.52. The lowest BCUT2D eigenvalue weighted by Crippen LogP contribution is -2.49. The van der Waals surface area contributed by atoms with Crippen molar-refractivity contribution in [1.82, 2.24) is 21.2 Å². The number of aromatic nitrogens is 1. The first-order valence-corrected chi connectivity index (χ1v) is 9.18. The minimum atomic E-state index is -0.936. The van der Waals surface area contributed by atoms with E-state index in [0.717, 1.165) is 4.88 Å². The zero-order chi connectivity index (χ0) is 19.4. The Morgan fingerprint density at radius 1 is 1.00 bits per heavy atom. The molecule has 2 aromatic heterocycles. The van der Waals surface area contributed by atoms with E-state index < -0.39 is 17.7 Å². The molecular weight excluding hydrogens is 364 g/mol. The van der Waals surface area contributed by atoms with Crippen LogP contribution < -0.4 is 16.2 Å². The Morgan fingerprint density at radius 2 is 1.78 bits per heavy atom. The Labute approximate surface area is 159 Å². The first-order valence-electron chi connectivity index (χ1n) is 8.30. The van der Waals surface area contributed by atoms with Crippen LogP contribution in [-0.4, -0.2) is 28.7 Å². The number of hydrogen-bond acceptors (Lipinski definition) is 5. The van der Waals surface area contributed by atoms with Gasteiger partial charge in [0.05, 0.1) is 21.7 Å². The zero-order valence-corrected chi connectivity index (χ0v) is 15.6. The number of pyridine rings is 1. The molecular formula is C19H18N4O3S. The van der Waals surface area contributed by atoms with Gasteiger partial charge >= 0.3 is 11.8 Å². The van der Waals surface area contributed by atoms with E-state index in [1.807, 2.05) is 29.6 Å². The Hall–Kier alpha value is -3.26. The summed E-state index contributed by atoms with van der Waals surface area (Å²) in [4.78, 5) is 41.6. The number of para-hydroxylation sites is 1. The molecule has 0 fully saturated rings. The van der Waals surface area contributed by atoms with E-state index in [0.29, 0.717) is 22.2 Å². The number of nitrogens with zero attached hydrogens (tertiary/aromatic N) is 1. The highest BCUT2D eigenvalue weighted by Crippen LogP contribution is 2.27. The summed E-state index contributed by atoms with van der Waals surface area (Å²) in [6, 6.07) is 12.6. The number of hydrogen-bond donors (Lipinski definition) is 3. The summed E-state index contributed by atoms with van der Waals surface area (Å²) in [7, 11) is 0. The highest BCUT2D eigenvalue weighted by atomic mass is 32.1. The lowest BCUT2D eigenvalue weighted by atomic mass is 10.1. The summed E-state index contributed by atoms with van der Waals surface area (Å²) in [6.07, 6.45) is 0. The van der Waals surface area contributed by atoms with Crippen molar-refractivity contribution in [3.05, 3.63) is 53.4 Å². The highest BCUT2D eigenvalue weighted by molar-refractivity contribution is 7.13. The first kappa shape index (κ1) is 18.5. The van der Waals surface area contributed by atoms with E-state index in [1.54, 1.807) is 32.0 Å². The molecule has 3 N–H and O–H groups in total. The van der Waals surface area contributed by atoms with Gasteiger partial charge in [0.1, 0.15) is 0 Å². The summed E-state index contributed by atoms with van der Waals surface area (Å²) in [5.74, 6) is -2.28. The van der Waals surface area contributed by atoms with E-state index in [-0.39, 0.29) is 6.04 Å². The average Bonchev–Trinajstić information content (AvgIpc) is 3.19. The maximum atomic E-state index is 12.6. The van der Waals surface area contributed by atoms with Crippen molar-refractivity contribution in [2.75, 3.05) is 0 Å². The normalized spacial score (nSPS) is 10.6. The van der Waals surface area contributed by atoms with E-state index in [2.05, 4.69) is 21.2 Å². The number of benzene rings is 1. The molecule has 7 nitrogen and oxygen atoms in total. The first-order chi connectivity index (χ1) is 13.0. The number of nitrogens with one attached hydrogen (secondary N) is 3. The second-order valence-corrected chi connectivity index (χ2v) is 7.03. The smallest absolute Gasteiger partial charge is 0.327 e. The van der Waals surface area contributed by atoms with Gasteiger partial charge in [-0.15, -0.1) is 11.3 Å². The fourth-order valence-corrected chi connectivity index (χ4v) is 3.17. The van der Waals surface area contributed by atoms with Crippen molar-refractivity contribution in [2.24, 2.45) is 0 Å². The molecule has 8 heteroatoms. The maximum Gasteiger partial charge on any atom is 0.327 e. The fourth-order valence-electron chi connectivity index (χ4n) is 2.48. The van der Waals surface area contributed by atoms with Gasteiger partial charge in [-0.25, -0.2) is 4.98 Å². The van der Waals surface area contributed by atoms with Crippen molar-refractivity contribution in [3.8, 4) is 10.6 Å². The molecule has 3 rings (SSSR count). The fraction of sp³-hybridized carbons (Fsp3) is 0.158. The molecule has 0 aliphatic carbocycles. The summed E-state index contributed by atoms with van der Waals surface area (Å²) < 4.78 is 0. The third-order valence-corrected chi connectivity index (χ3v) is 4.54. The molecule has 0 aliphatic heterocycles. The molecule has 0 radical (unpaired) electrons. The van der Waals surface area contributed by atoms with Gasteiger partial charge < -0.3 is 5.32 Å². The molecule has 3 aromatic rings. The van der Waals surface area contributed by atoms with Crippen LogP contribution in [-0.2, 0) is 9.59 Å². The number of thiophene rings is 1. The van der Waals surface area contributed by atoms with Crippen LogP contribution in [0.3, 0.4) is 0 Å². The number of rotatable bonds is 3. The summed E-state index contributed by atoms with van der Waals surface area (Å²) in [5, 5.41) is 5.03. The molecule has 27 heavy (non-hydrogen) atoms. The van der Waals surface area contributed by atoms with Gasteiger partial charge in [0.25, 0.3) is 5.91 Å². The average molecular weight is 382 g/mol. The lowest BCUT2D eigenvalue weighted by Gasteiger charge is -2.11. The van der Waals surface area contributed by atoms with Crippen molar-refractivity contribution in [3.63, 3.8) is 0 Å². The van der Waals surface area contributed by atoms with Crippen molar-refractivity contribution < 1.29 is 14.4 Å². The predicted molar refractivity (Wildman–Crippen MR) is 104 cm³/mol. The van der Waals surface area contributed by atoms with Crippen molar-refractivity contribution >= 4 is 40.0 Å². The van der Waals surface area contributed by atoms with Gasteiger partial charge in [0, 0.05) is 11.4 Å². The molecule has 0 bridgehead atoms. The third-order valence-electron chi connectivity index (χ3n) is 3.65. The Kier molecular flexibility index (Phi) is 5.46. The van der Waals surface area contributed by atoms with E-state index >= 15 is 0 Å². The van der Waals surface area contributed by atoms with Gasteiger partial charge in [-0.05, 0) is 37.4 Å². The molecule has 138 valence electrons. The van der Waals surface area contributed by atoms with E-state index in [4.69, 9.17) is 0 Å². The predicted octanol–water partition coefficient (Wildman–Crippen LogP) is 2.25. The van der Waals surface area contributed by atoms with E-state index in [1.165, 1.54) is 11.3 Å². The van der Waals surface area contributed by atoms with Crippen molar-refractivity contribution in [1.29, 1.82) is 0 Å². The van der Waals surface area contributed by atoms with Crippen LogP contribution in [0.1, 0.15) is 24.2 Å².